The van der Waals surface area contributed by atoms with E-state index < -0.39 is 11.5 Å². The summed E-state index contributed by atoms with van der Waals surface area (Å²) in [6.45, 7) is 5.47. The third kappa shape index (κ3) is 8.65. The van der Waals surface area contributed by atoms with Crippen LogP contribution in [0.25, 0.3) is 0 Å². The number of halogens is 1. The van der Waals surface area contributed by atoms with Gasteiger partial charge in [-0.05, 0) is 80.4 Å². The molecule has 0 spiro atoms. The Morgan fingerprint density at radius 1 is 1.02 bits per heavy atom. The van der Waals surface area contributed by atoms with Crippen molar-refractivity contribution in [3.8, 4) is 5.88 Å². The first kappa shape index (κ1) is 32.6. The molecular formula is C26H25ClN8O7S2. The second-order valence-corrected chi connectivity index (χ2v) is 10.5. The van der Waals surface area contributed by atoms with Crippen LogP contribution in [0.1, 0.15) is 18.1 Å². The lowest BCUT2D eigenvalue weighted by Gasteiger charge is -2.12. The molecule has 4 N–H and O–H groups in total. The van der Waals surface area contributed by atoms with Gasteiger partial charge in [-0.25, -0.2) is 5.26 Å². The molecule has 15 nitrogen and oxygen atoms in total. The number of aromatic hydroxyl groups is 1. The van der Waals surface area contributed by atoms with Crippen molar-refractivity contribution in [1.29, 1.82) is 0 Å². The minimum absolute atomic E-state index is 0.0567. The molecule has 0 radical (unpaired) electrons. The minimum Gasteiger partial charge on any atom is -0.494 e. The molecule has 0 atom stereocenters. The molecule has 44 heavy (non-hydrogen) atoms. The van der Waals surface area contributed by atoms with Crippen molar-refractivity contribution in [2.24, 2.45) is 10.2 Å². The third-order valence-corrected chi connectivity index (χ3v) is 7.26. The SMILES string of the molecule is CCn1c(O)c(C)c(C)c(N=Nc2cccc(Nc3nc(Cl)nc(Nc4ccc(SOC(=O)CSOOO)cc4)n3)c2)c1=O. The highest BCUT2D eigenvalue weighted by atomic mass is 35.5. The van der Waals surface area contributed by atoms with E-state index in [2.05, 4.69) is 45.2 Å². The molecule has 4 aromatic rings. The average Bonchev–Trinajstić information content (AvgIpc) is 3.00. The lowest BCUT2D eigenvalue weighted by atomic mass is 10.1. The Kier molecular flexibility index (Phi) is 11.5. The molecule has 2 heterocycles. The average molecular weight is 661 g/mol. The Bertz CT molecular complexity index is 1720. The second kappa shape index (κ2) is 15.5. The first-order valence-electron chi connectivity index (χ1n) is 12.7. The van der Waals surface area contributed by atoms with Gasteiger partial charge in [0.2, 0.25) is 17.2 Å². The number of nitrogens with one attached hydrogen (secondary N) is 2. The Balaban J connectivity index is 1.42. The molecule has 0 saturated carbocycles. The van der Waals surface area contributed by atoms with Crippen molar-refractivity contribution in [3.63, 3.8) is 0 Å². The van der Waals surface area contributed by atoms with Gasteiger partial charge in [0.15, 0.2) is 11.6 Å². The second-order valence-electron chi connectivity index (χ2n) is 8.69. The zero-order valence-corrected chi connectivity index (χ0v) is 25.7. The van der Waals surface area contributed by atoms with Crippen LogP contribution in [0.3, 0.4) is 0 Å². The fourth-order valence-electron chi connectivity index (χ4n) is 3.62. The quantitative estimate of drug-likeness (QED) is 0.0396. The molecule has 0 unspecified atom stereocenters. The van der Waals surface area contributed by atoms with Crippen LogP contribution < -0.4 is 16.2 Å². The van der Waals surface area contributed by atoms with E-state index in [4.69, 9.17) is 21.0 Å². The standard InChI is InChI=1S/C26H25ClN8O7S2/c1-4-35-22(37)15(3)14(2)21(23(35)38)34-33-18-7-5-6-17(12-18)29-26-31-24(27)30-25(32-26)28-16-8-10-19(11-9-16)44-40-20(36)13-43-42-41-39/h5-12,37,39H,4,13H2,1-3H3,(H2,28,29,30,31,32). The number of hydrogen-bond acceptors (Lipinski definition) is 16. The number of aromatic nitrogens is 4. The molecule has 0 saturated heterocycles. The van der Waals surface area contributed by atoms with Gasteiger partial charge in [0.1, 0.15) is 5.75 Å². The van der Waals surface area contributed by atoms with E-state index in [-0.39, 0.29) is 34.5 Å². The van der Waals surface area contributed by atoms with E-state index in [9.17, 15) is 14.7 Å². The summed E-state index contributed by atoms with van der Waals surface area (Å²) in [5.74, 6) is -0.527. The molecule has 18 heteroatoms. The zero-order valence-electron chi connectivity index (χ0n) is 23.3. The van der Waals surface area contributed by atoms with Crippen molar-refractivity contribution >= 4 is 76.3 Å². The smallest absolute Gasteiger partial charge is 0.330 e. The Labute approximate surface area is 264 Å². The van der Waals surface area contributed by atoms with Crippen LogP contribution in [0, 0.1) is 13.8 Å². The summed E-state index contributed by atoms with van der Waals surface area (Å²) in [4.78, 5) is 37.6. The maximum Gasteiger partial charge on any atom is 0.330 e. The number of carbonyl (C=O) groups excluding carboxylic acids is 1. The van der Waals surface area contributed by atoms with Crippen LogP contribution in [0.15, 0.2) is 68.4 Å². The van der Waals surface area contributed by atoms with Gasteiger partial charge >= 0.3 is 5.97 Å². The monoisotopic (exact) mass is 660 g/mol. The topological polar surface area (TPSA) is 195 Å². The van der Waals surface area contributed by atoms with E-state index in [0.29, 0.717) is 51.7 Å². The Morgan fingerprint density at radius 3 is 2.41 bits per heavy atom. The first-order valence-corrected chi connectivity index (χ1v) is 14.7. The number of hydrogen-bond donors (Lipinski definition) is 4. The van der Waals surface area contributed by atoms with Gasteiger partial charge < -0.3 is 19.9 Å². The van der Waals surface area contributed by atoms with Gasteiger partial charge in [0.25, 0.3) is 5.56 Å². The van der Waals surface area contributed by atoms with Crippen molar-refractivity contribution in [3.05, 3.63) is 75.3 Å². The molecule has 0 aliphatic carbocycles. The molecule has 2 aromatic carbocycles. The van der Waals surface area contributed by atoms with Crippen LogP contribution in [0.4, 0.5) is 34.6 Å². The van der Waals surface area contributed by atoms with Crippen LogP contribution in [0.2, 0.25) is 5.28 Å². The van der Waals surface area contributed by atoms with Crippen molar-refractivity contribution < 1.29 is 28.7 Å². The van der Waals surface area contributed by atoms with Crippen molar-refractivity contribution in [2.75, 3.05) is 16.4 Å². The summed E-state index contributed by atoms with van der Waals surface area (Å²) in [6, 6.07) is 13.8. The maximum atomic E-state index is 12.8. The van der Waals surface area contributed by atoms with E-state index >= 15 is 0 Å². The zero-order chi connectivity index (χ0) is 31.6. The van der Waals surface area contributed by atoms with Crippen molar-refractivity contribution in [2.45, 2.75) is 32.2 Å². The van der Waals surface area contributed by atoms with Gasteiger partial charge in [0.05, 0.1) is 17.7 Å². The van der Waals surface area contributed by atoms with Crippen LogP contribution >= 0.6 is 35.7 Å². The predicted molar refractivity (Wildman–Crippen MR) is 165 cm³/mol. The highest BCUT2D eigenvalue weighted by Gasteiger charge is 2.15. The Morgan fingerprint density at radius 2 is 1.73 bits per heavy atom. The van der Waals surface area contributed by atoms with E-state index in [1.807, 2.05) is 0 Å². The predicted octanol–water partition coefficient (Wildman–Crippen LogP) is 6.55. The highest BCUT2D eigenvalue weighted by Crippen LogP contribution is 2.28. The number of benzene rings is 2. The van der Waals surface area contributed by atoms with Gasteiger partial charge in [-0.3, -0.25) is 14.2 Å². The largest absolute Gasteiger partial charge is 0.494 e. The van der Waals surface area contributed by atoms with Gasteiger partial charge in [-0.2, -0.15) is 20.1 Å². The summed E-state index contributed by atoms with van der Waals surface area (Å²) < 4.78 is 10.4. The third-order valence-electron chi connectivity index (χ3n) is 5.85. The van der Waals surface area contributed by atoms with Gasteiger partial charge in [-0.1, -0.05) is 11.1 Å². The molecule has 0 amide bonds. The lowest BCUT2D eigenvalue weighted by molar-refractivity contribution is -0.432. The van der Waals surface area contributed by atoms with E-state index in [1.165, 1.54) is 4.57 Å². The number of rotatable bonds is 13. The normalized spacial score (nSPS) is 11.1. The highest BCUT2D eigenvalue weighted by molar-refractivity contribution is 7.96. The molecule has 2 aromatic heterocycles. The summed E-state index contributed by atoms with van der Waals surface area (Å²) in [6.07, 6.45) is 0. The molecule has 230 valence electrons. The summed E-state index contributed by atoms with van der Waals surface area (Å²) in [5.41, 5.74) is 2.47. The molecule has 4 rings (SSSR count). The maximum absolute atomic E-state index is 12.8. The molecule has 0 aliphatic heterocycles. The Hall–Kier alpha value is -4.26. The van der Waals surface area contributed by atoms with Crippen molar-refractivity contribution in [1.82, 2.24) is 19.5 Å². The van der Waals surface area contributed by atoms with Crippen LogP contribution in [-0.4, -0.2) is 41.6 Å². The van der Waals surface area contributed by atoms with Gasteiger partial charge in [0, 0.05) is 40.4 Å². The molecular weight excluding hydrogens is 636 g/mol. The molecule has 0 fully saturated rings. The lowest BCUT2D eigenvalue weighted by Crippen LogP contribution is -2.20. The summed E-state index contributed by atoms with van der Waals surface area (Å²) in [5, 5.41) is 36.2. The first-order chi connectivity index (χ1) is 21.2. The number of carbonyl (C=O) groups is 1. The van der Waals surface area contributed by atoms with E-state index in [0.717, 1.165) is 12.0 Å². The number of pyridine rings is 1. The van der Waals surface area contributed by atoms with E-state index in [1.54, 1.807) is 69.3 Å². The number of anilines is 4. The summed E-state index contributed by atoms with van der Waals surface area (Å²) in [7, 11) is 0. The molecule has 0 bridgehead atoms. The number of nitrogens with zero attached hydrogens (tertiary/aromatic N) is 6. The number of azo groups is 1. The fraction of sp³-hybridized carbons (Fsp3) is 0.192. The minimum atomic E-state index is -0.587. The fourth-order valence-corrected chi connectivity index (χ4v) is 4.60. The van der Waals surface area contributed by atoms with Gasteiger partial charge in [-0.15, -0.1) is 9.45 Å². The van der Waals surface area contributed by atoms with Crippen LogP contribution in [0.5, 0.6) is 5.88 Å². The molecule has 0 aliphatic rings. The van der Waals surface area contributed by atoms with Crippen LogP contribution in [-0.2, 0) is 24.9 Å². The summed E-state index contributed by atoms with van der Waals surface area (Å²) >= 11 is 7.57.